The molecule has 0 bridgehead atoms. The summed E-state index contributed by atoms with van der Waals surface area (Å²) in [6, 6.07) is 17.9. The van der Waals surface area contributed by atoms with Crippen LogP contribution in [0.25, 0.3) is 10.2 Å². The summed E-state index contributed by atoms with van der Waals surface area (Å²) in [5.41, 5.74) is 3.36. The Labute approximate surface area is 244 Å². The minimum absolute atomic E-state index is 0.179. The van der Waals surface area contributed by atoms with Crippen LogP contribution in [0.15, 0.2) is 65.6 Å². The number of carbonyl (C=O) groups excluding carboxylic acids is 1. The van der Waals surface area contributed by atoms with Gasteiger partial charge in [0.15, 0.2) is 16.6 Å². The lowest BCUT2D eigenvalue weighted by atomic mass is 10.0. The maximum Gasteiger partial charge on any atom is 0.260 e. The van der Waals surface area contributed by atoms with E-state index in [2.05, 4.69) is 4.90 Å². The van der Waals surface area contributed by atoms with Gasteiger partial charge in [-0.15, -0.1) is 0 Å². The van der Waals surface area contributed by atoms with Gasteiger partial charge >= 0.3 is 0 Å². The van der Waals surface area contributed by atoms with Crippen molar-refractivity contribution in [2.45, 2.75) is 24.3 Å². The highest BCUT2D eigenvalue weighted by atomic mass is 32.2. The molecule has 0 saturated heterocycles. The average molecular weight is 593 g/mol. The van der Waals surface area contributed by atoms with Crippen LogP contribution in [0.2, 0.25) is 0 Å². The summed E-state index contributed by atoms with van der Waals surface area (Å²) < 4.78 is 40.7. The zero-order valence-corrected chi connectivity index (χ0v) is 24.7. The third-order valence-corrected chi connectivity index (χ3v) is 10.2. The summed E-state index contributed by atoms with van der Waals surface area (Å²) in [5, 5.41) is 0.579. The number of benzene rings is 3. The lowest BCUT2D eigenvalue weighted by molar-refractivity contribution is 0.0986. The fourth-order valence-electron chi connectivity index (χ4n) is 5.15. The van der Waals surface area contributed by atoms with Crippen molar-refractivity contribution in [3.63, 3.8) is 0 Å². The SMILES string of the molecule is CN(C)CCCN(C(=O)c1ccc(S(=O)(=O)N2CCc3ccccc3C2)cc1)c1nc2cc3c(cc2s1)OCCO3. The highest BCUT2D eigenvalue weighted by Gasteiger charge is 2.29. The first-order chi connectivity index (χ1) is 19.8. The Bertz CT molecular complexity index is 1640. The van der Waals surface area contributed by atoms with Crippen LogP contribution in [-0.2, 0) is 23.0 Å². The Morgan fingerprint density at radius 1 is 0.976 bits per heavy atom. The van der Waals surface area contributed by atoms with Crippen LogP contribution < -0.4 is 14.4 Å². The smallest absolute Gasteiger partial charge is 0.260 e. The number of sulfonamides is 1. The number of thiazole rings is 1. The van der Waals surface area contributed by atoms with E-state index in [0.29, 0.717) is 61.5 Å². The number of aromatic nitrogens is 1. The molecule has 0 spiro atoms. The van der Waals surface area contributed by atoms with Crippen molar-refractivity contribution >= 4 is 42.6 Å². The van der Waals surface area contributed by atoms with Gasteiger partial charge in [-0.05, 0) is 68.9 Å². The van der Waals surface area contributed by atoms with Crippen molar-refractivity contribution in [1.29, 1.82) is 0 Å². The molecule has 0 fully saturated rings. The molecule has 2 aliphatic rings. The zero-order chi connectivity index (χ0) is 28.6. The molecule has 3 aromatic carbocycles. The van der Waals surface area contributed by atoms with Gasteiger partial charge in [0, 0.05) is 37.3 Å². The second-order valence-corrected chi connectivity index (χ2v) is 13.4. The van der Waals surface area contributed by atoms with Crippen molar-refractivity contribution in [3.8, 4) is 11.5 Å². The maximum atomic E-state index is 13.8. The second kappa shape index (κ2) is 11.4. The summed E-state index contributed by atoms with van der Waals surface area (Å²) >= 11 is 1.42. The van der Waals surface area contributed by atoms with Crippen LogP contribution >= 0.6 is 11.3 Å². The van der Waals surface area contributed by atoms with Gasteiger partial charge in [0.25, 0.3) is 5.91 Å². The predicted octanol–water partition coefficient (Wildman–Crippen LogP) is 4.41. The third kappa shape index (κ3) is 5.67. The van der Waals surface area contributed by atoms with Crippen molar-refractivity contribution in [1.82, 2.24) is 14.2 Å². The number of rotatable bonds is 8. The molecule has 0 aliphatic carbocycles. The highest BCUT2D eigenvalue weighted by molar-refractivity contribution is 7.89. The van der Waals surface area contributed by atoms with Crippen molar-refractivity contribution < 1.29 is 22.7 Å². The van der Waals surface area contributed by atoms with E-state index >= 15 is 0 Å². The van der Waals surface area contributed by atoms with Gasteiger partial charge in [-0.3, -0.25) is 9.69 Å². The van der Waals surface area contributed by atoms with Gasteiger partial charge in [-0.2, -0.15) is 4.31 Å². The van der Waals surface area contributed by atoms with Crippen molar-refractivity contribution in [3.05, 3.63) is 77.4 Å². The first-order valence-electron chi connectivity index (χ1n) is 13.6. The van der Waals surface area contributed by atoms with Crippen LogP contribution in [0.4, 0.5) is 5.13 Å². The molecule has 11 heteroatoms. The topological polar surface area (TPSA) is 92.3 Å². The van der Waals surface area contributed by atoms with E-state index in [1.165, 1.54) is 33.3 Å². The number of anilines is 1. The van der Waals surface area contributed by atoms with Crippen LogP contribution in [0.3, 0.4) is 0 Å². The molecule has 1 amide bonds. The fraction of sp³-hybridized carbons (Fsp3) is 0.333. The van der Waals surface area contributed by atoms with Crippen LogP contribution in [0.5, 0.6) is 11.5 Å². The molecule has 0 radical (unpaired) electrons. The van der Waals surface area contributed by atoms with Gasteiger partial charge in [-0.25, -0.2) is 13.4 Å². The minimum Gasteiger partial charge on any atom is -0.486 e. The monoisotopic (exact) mass is 592 g/mol. The molecular formula is C30H32N4O5S2. The number of carbonyl (C=O) groups is 1. The molecule has 2 aliphatic heterocycles. The quantitative estimate of drug-likeness (QED) is 0.299. The highest BCUT2D eigenvalue weighted by Crippen LogP contribution is 2.39. The van der Waals surface area contributed by atoms with E-state index in [1.54, 1.807) is 17.0 Å². The van der Waals surface area contributed by atoms with Gasteiger partial charge in [0.05, 0.1) is 15.1 Å². The summed E-state index contributed by atoms with van der Waals surface area (Å²) in [6.45, 7) is 3.03. The van der Waals surface area contributed by atoms with Crippen LogP contribution in [0, 0.1) is 0 Å². The summed E-state index contributed by atoms with van der Waals surface area (Å²) in [4.78, 5) is 22.5. The van der Waals surface area contributed by atoms with Gasteiger partial charge < -0.3 is 14.4 Å². The van der Waals surface area contributed by atoms with E-state index < -0.39 is 10.0 Å². The summed E-state index contributed by atoms with van der Waals surface area (Å²) in [6.07, 6.45) is 1.43. The standard InChI is InChI=1S/C30H32N4O5S2/c1-32(2)13-5-14-34(30-31-25-18-26-27(19-28(25)40-30)39-17-16-38-26)29(35)22-8-10-24(11-9-22)41(36,37)33-15-12-21-6-3-4-7-23(21)20-33/h3-4,6-11,18-19H,5,12-17,20H2,1-2H3. The number of amides is 1. The van der Waals surface area contributed by atoms with E-state index in [-0.39, 0.29) is 10.8 Å². The first kappa shape index (κ1) is 27.6. The number of hydrogen-bond donors (Lipinski definition) is 0. The molecule has 1 aromatic heterocycles. The molecule has 6 rings (SSSR count). The Hall–Kier alpha value is -3.51. The molecule has 0 atom stereocenters. The molecule has 0 saturated carbocycles. The van der Waals surface area contributed by atoms with Crippen LogP contribution in [-0.4, -0.2) is 75.5 Å². The molecule has 9 nitrogen and oxygen atoms in total. The third-order valence-electron chi connectivity index (χ3n) is 7.34. The van der Waals surface area contributed by atoms with Crippen LogP contribution in [0.1, 0.15) is 27.9 Å². The number of nitrogens with zero attached hydrogens (tertiary/aromatic N) is 4. The molecule has 0 unspecified atom stereocenters. The number of ether oxygens (including phenoxy) is 2. The Kier molecular flexibility index (Phi) is 7.69. The number of hydrogen-bond acceptors (Lipinski definition) is 8. The lowest BCUT2D eigenvalue weighted by Crippen LogP contribution is -2.36. The Morgan fingerprint density at radius 2 is 1.68 bits per heavy atom. The predicted molar refractivity (Wildman–Crippen MR) is 160 cm³/mol. The zero-order valence-electron chi connectivity index (χ0n) is 23.1. The molecule has 214 valence electrons. The summed E-state index contributed by atoms with van der Waals surface area (Å²) in [5.74, 6) is 1.11. The lowest BCUT2D eigenvalue weighted by Gasteiger charge is -2.28. The number of fused-ring (bicyclic) bond motifs is 3. The van der Waals surface area contributed by atoms with Gasteiger partial charge in [0.2, 0.25) is 10.0 Å². The van der Waals surface area contributed by atoms with E-state index in [9.17, 15) is 13.2 Å². The average Bonchev–Trinajstić information content (AvgIpc) is 3.39. The molecular weight excluding hydrogens is 560 g/mol. The first-order valence-corrected chi connectivity index (χ1v) is 15.9. The van der Waals surface area contributed by atoms with Gasteiger partial charge in [0.1, 0.15) is 13.2 Å². The van der Waals surface area contributed by atoms with Gasteiger partial charge in [-0.1, -0.05) is 35.6 Å². The largest absolute Gasteiger partial charge is 0.486 e. The van der Waals surface area contributed by atoms with E-state index in [4.69, 9.17) is 14.5 Å². The van der Waals surface area contributed by atoms with E-state index in [0.717, 1.165) is 28.7 Å². The normalized spacial score (nSPS) is 15.2. The molecule has 3 heterocycles. The molecule has 0 N–H and O–H groups in total. The molecule has 41 heavy (non-hydrogen) atoms. The van der Waals surface area contributed by atoms with E-state index in [1.807, 2.05) is 50.5 Å². The second-order valence-electron chi connectivity index (χ2n) is 10.5. The maximum absolute atomic E-state index is 13.8. The Balaban J connectivity index is 1.25. The molecule has 4 aromatic rings. The summed E-state index contributed by atoms with van der Waals surface area (Å²) in [7, 11) is 0.289. The Morgan fingerprint density at radius 3 is 2.41 bits per heavy atom. The van der Waals surface area contributed by atoms with Crippen molar-refractivity contribution in [2.24, 2.45) is 0 Å². The minimum atomic E-state index is -3.70. The van der Waals surface area contributed by atoms with Crippen molar-refractivity contribution in [2.75, 3.05) is 51.8 Å². The fourth-order valence-corrected chi connectivity index (χ4v) is 7.57.